The summed E-state index contributed by atoms with van der Waals surface area (Å²) >= 11 is 0. The summed E-state index contributed by atoms with van der Waals surface area (Å²) in [5, 5.41) is 3.06. The number of amides is 1. The smallest absolute Gasteiger partial charge is 0.265 e. The molecule has 7 nitrogen and oxygen atoms in total. The Balaban J connectivity index is 1.59. The van der Waals surface area contributed by atoms with E-state index >= 15 is 0 Å². The lowest BCUT2D eigenvalue weighted by Crippen LogP contribution is -2.40. The Kier molecular flexibility index (Phi) is 4.89. The van der Waals surface area contributed by atoms with Crippen molar-refractivity contribution in [3.63, 3.8) is 0 Å². The van der Waals surface area contributed by atoms with Crippen LogP contribution in [0.3, 0.4) is 0 Å². The van der Waals surface area contributed by atoms with Gasteiger partial charge < -0.3 is 10.1 Å². The van der Waals surface area contributed by atoms with E-state index in [2.05, 4.69) is 15.0 Å². The van der Waals surface area contributed by atoms with E-state index in [4.69, 9.17) is 4.74 Å². The van der Waals surface area contributed by atoms with Gasteiger partial charge in [-0.2, -0.15) is 0 Å². The number of hydrogen-bond acceptors (Lipinski definition) is 5. The Morgan fingerprint density at radius 2 is 1.97 bits per heavy atom. The minimum atomic E-state index is -3.90. The van der Waals surface area contributed by atoms with Crippen LogP contribution in [0.5, 0.6) is 5.75 Å². The standard InChI is InChI=1S/C24H23N3O4S/c1-31-20-7-2-3-8-21(20)32(29,30)27-18-13-17(12-16-6-4-11-25-15-16)22-19(14-18)24(9-5-10-24)23(28)26-22/h2-4,6-8,11,13-15,27H,5,9-10,12H2,1H3,(H,26,28). The van der Waals surface area contributed by atoms with Crippen LogP contribution in [0.4, 0.5) is 11.4 Å². The van der Waals surface area contributed by atoms with Crippen LogP contribution in [0.1, 0.15) is 36.0 Å². The second-order valence-corrected chi connectivity index (χ2v) is 9.89. The Morgan fingerprint density at radius 1 is 1.16 bits per heavy atom. The van der Waals surface area contributed by atoms with Gasteiger partial charge in [0.2, 0.25) is 5.91 Å². The monoisotopic (exact) mass is 449 g/mol. The Labute approximate surface area is 186 Å². The van der Waals surface area contributed by atoms with Crippen molar-refractivity contribution >= 4 is 27.3 Å². The first-order valence-electron chi connectivity index (χ1n) is 10.5. The van der Waals surface area contributed by atoms with Gasteiger partial charge in [-0.25, -0.2) is 8.42 Å². The van der Waals surface area contributed by atoms with E-state index in [1.165, 1.54) is 13.2 Å². The largest absolute Gasteiger partial charge is 0.495 e. The molecular weight excluding hydrogens is 426 g/mol. The van der Waals surface area contributed by atoms with Crippen molar-refractivity contribution in [1.82, 2.24) is 4.98 Å². The number of benzene rings is 2. The Hall–Kier alpha value is -3.39. The molecule has 5 rings (SSSR count). The van der Waals surface area contributed by atoms with Crippen molar-refractivity contribution in [3.05, 3.63) is 77.6 Å². The summed E-state index contributed by atoms with van der Waals surface area (Å²) in [6.45, 7) is 0. The number of hydrogen-bond donors (Lipinski definition) is 2. The third-order valence-corrected chi connectivity index (χ3v) is 7.76. The molecule has 0 atom stereocenters. The Morgan fingerprint density at radius 3 is 2.66 bits per heavy atom. The van der Waals surface area contributed by atoms with Crippen molar-refractivity contribution in [2.75, 3.05) is 17.1 Å². The Bertz CT molecular complexity index is 1300. The molecule has 0 bridgehead atoms. The predicted octanol–water partition coefficient (Wildman–Crippen LogP) is 3.86. The van der Waals surface area contributed by atoms with Crippen LogP contribution < -0.4 is 14.8 Å². The van der Waals surface area contributed by atoms with E-state index in [0.717, 1.165) is 41.6 Å². The van der Waals surface area contributed by atoms with Gasteiger partial charge in [-0.3, -0.25) is 14.5 Å². The normalized spacial score (nSPS) is 16.2. The molecule has 1 aliphatic carbocycles. The summed E-state index contributed by atoms with van der Waals surface area (Å²) in [6, 6.07) is 13.9. The summed E-state index contributed by atoms with van der Waals surface area (Å²) in [5.41, 5.74) is 3.35. The average Bonchev–Trinajstić information content (AvgIpc) is 3.06. The zero-order valence-electron chi connectivity index (χ0n) is 17.6. The van der Waals surface area contributed by atoms with Crippen LogP contribution in [0, 0.1) is 0 Å². The lowest BCUT2D eigenvalue weighted by Gasteiger charge is -2.36. The first-order chi connectivity index (χ1) is 15.4. The molecule has 2 aliphatic rings. The molecule has 1 fully saturated rings. The third kappa shape index (κ3) is 3.31. The van der Waals surface area contributed by atoms with Crippen molar-refractivity contribution < 1.29 is 17.9 Å². The molecule has 8 heteroatoms. The zero-order chi connectivity index (χ0) is 22.3. The second kappa shape index (κ2) is 7.63. The average molecular weight is 450 g/mol. The molecule has 0 saturated heterocycles. The first kappa shape index (κ1) is 20.5. The number of carbonyl (C=O) groups excluding carboxylic acids is 1. The number of anilines is 2. The summed E-state index contributed by atoms with van der Waals surface area (Å²) in [7, 11) is -2.46. The number of fused-ring (bicyclic) bond motifs is 2. The maximum absolute atomic E-state index is 13.2. The van der Waals surface area contributed by atoms with E-state index in [-0.39, 0.29) is 16.6 Å². The van der Waals surface area contributed by atoms with Crippen molar-refractivity contribution in [2.24, 2.45) is 0 Å². The number of rotatable bonds is 6. The second-order valence-electron chi connectivity index (χ2n) is 8.24. The molecule has 0 radical (unpaired) electrons. The molecule has 3 aromatic rings. The highest BCUT2D eigenvalue weighted by Crippen LogP contribution is 2.53. The van der Waals surface area contributed by atoms with Crippen LogP contribution >= 0.6 is 0 Å². The number of nitrogens with one attached hydrogen (secondary N) is 2. The fraction of sp³-hybridized carbons (Fsp3) is 0.250. The zero-order valence-corrected chi connectivity index (χ0v) is 18.4. The number of aromatic nitrogens is 1. The molecule has 1 aromatic heterocycles. The lowest BCUT2D eigenvalue weighted by molar-refractivity contribution is -0.123. The maximum Gasteiger partial charge on any atom is 0.265 e. The maximum atomic E-state index is 13.2. The molecule has 2 heterocycles. The van der Waals surface area contributed by atoms with E-state index in [1.54, 1.807) is 42.7 Å². The summed E-state index contributed by atoms with van der Waals surface area (Å²) in [5.74, 6) is 0.264. The van der Waals surface area contributed by atoms with Gasteiger partial charge in [0, 0.05) is 30.2 Å². The molecular formula is C24H23N3O4S. The quantitative estimate of drug-likeness (QED) is 0.596. The van der Waals surface area contributed by atoms with Crippen molar-refractivity contribution in [2.45, 2.75) is 36.0 Å². The van der Waals surface area contributed by atoms with Crippen molar-refractivity contribution in [1.29, 1.82) is 0 Å². The van der Waals surface area contributed by atoms with Gasteiger partial charge in [-0.05, 0) is 59.9 Å². The van der Waals surface area contributed by atoms with Crippen LogP contribution in [-0.2, 0) is 26.7 Å². The molecule has 32 heavy (non-hydrogen) atoms. The third-order valence-electron chi connectivity index (χ3n) is 6.34. The number of pyridine rings is 1. The van der Waals surface area contributed by atoms with Gasteiger partial charge in [-0.15, -0.1) is 0 Å². The molecule has 1 amide bonds. The minimum Gasteiger partial charge on any atom is -0.495 e. The molecule has 1 saturated carbocycles. The highest BCUT2D eigenvalue weighted by atomic mass is 32.2. The van der Waals surface area contributed by atoms with Crippen molar-refractivity contribution in [3.8, 4) is 5.75 Å². The fourth-order valence-corrected chi connectivity index (χ4v) is 5.79. The molecule has 2 aromatic carbocycles. The number of nitrogens with zero attached hydrogens (tertiary/aromatic N) is 1. The predicted molar refractivity (Wildman–Crippen MR) is 121 cm³/mol. The molecule has 1 aliphatic heterocycles. The van der Waals surface area contributed by atoms with Gasteiger partial charge >= 0.3 is 0 Å². The number of para-hydroxylation sites is 1. The highest BCUT2D eigenvalue weighted by Gasteiger charge is 2.51. The van der Waals surface area contributed by atoms with E-state index in [9.17, 15) is 13.2 Å². The van der Waals surface area contributed by atoms with Crippen LogP contribution in [0.2, 0.25) is 0 Å². The summed E-state index contributed by atoms with van der Waals surface area (Å²) < 4.78 is 34.3. The molecule has 2 N–H and O–H groups in total. The fourth-order valence-electron chi connectivity index (χ4n) is 4.58. The van der Waals surface area contributed by atoms with Crippen LogP contribution in [0.15, 0.2) is 65.8 Å². The van der Waals surface area contributed by atoms with Crippen LogP contribution in [-0.4, -0.2) is 26.4 Å². The van der Waals surface area contributed by atoms with E-state index in [1.807, 2.05) is 12.1 Å². The number of methoxy groups -OCH3 is 1. The molecule has 0 unspecified atom stereocenters. The number of ether oxygens (including phenoxy) is 1. The molecule has 1 spiro atoms. The van der Waals surface area contributed by atoms with E-state index in [0.29, 0.717) is 12.1 Å². The molecule has 164 valence electrons. The van der Waals surface area contributed by atoms with Gasteiger partial charge in [0.1, 0.15) is 10.6 Å². The highest BCUT2D eigenvalue weighted by molar-refractivity contribution is 7.92. The van der Waals surface area contributed by atoms with Gasteiger partial charge in [-0.1, -0.05) is 24.6 Å². The minimum absolute atomic E-state index is 0.00378. The van der Waals surface area contributed by atoms with E-state index < -0.39 is 15.4 Å². The van der Waals surface area contributed by atoms with Gasteiger partial charge in [0.15, 0.2) is 0 Å². The number of sulfonamides is 1. The first-order valence-corrected chi connectivity index (χ1v) is 11.9. The van der Waals surface area contributed by atoms with Crippen LogP contribution in [0.25, 0.3) is 0 Å². The summed E-state index contributed by atoms with van der Waals surface area (Å²) in [6.07, 6.45) is 6.51. The number of carbonyl (C=O) groups is 1. The van der Waals surface area contributed by atoms with Gasteiger partial charge in [0.25, 0.3) is 10.0 Å². The lowest BCUT2D eigenvalue weighted by atomic mass is 9.65. The van der Waals surface area contributed by atoms with Gasteiger partial charge in [0.05, 0.1) is 12.5 Å². The topological polar surface area (TPSA) is 97.4 Å². The summed E-state index contributed by atoms with van der Waals surface area (Å²) in [4.78, 5) is 17.1. The SMILES string of the molecule is COc1ccccc1S(=O)(=O)Nc1cc(Cc2cccnc2)c2c(c1)C1(CCC1)C(=O)N2.